The van der Waals surface area contributed by atoms with Crippen LogP contribution in [0.5, 0.6) is 0 Å². The highest BCUT2D eigenvalue weighted by molar-refractivity contribution is 9.10. The molecule has 1 fully saturated rings. The molecule has 1 aromatic heterocycles. The van der Waals surface area contributed by atoms with E-state index in [1.54, 1.807) is 12.1 Å². The Hall–Kier alpha value is -1.88. The molecule has 0 radical (unpaired) electrons. The van der Waals surface area contributed by atoms with Gasteiger partial charge in [-0.3, -0.25) is 4.57 Å². The second-order valence-electron chi connectivity index (χ2n) is 5.43. The van der Waals surface area contributed by atoms with Crippen molar-refractivity contribution in [3.8, 4) is 5.69 Å². The third-order valence-corrected chi connectivity index (χ3v) is 4.42. The van der Waals surface area contributed by atoms with Gasteiger partial charge in [-0.05, 0) is 65.2 Å². The number of fused-ring (bicyclic) bond motifs is 1. The lowest BCUT2D eigenvalue weighted by Crippen LogP contribution is -2.00. The predicted octanol–water partition coefficient (Wildman–Crippen LogP) is 4.39. The molecule has 0 bridgehead atoms. The summed E-state index contributed by atoms with van der Waals surface area (Å²) in [5, 5.41) is 0. The third-order valence-electron chi connectivity index (χ3n) is 3.81. The lowest BCUT2D eigenvalue weighted by Gasteiger charge is -2.09. The van der Waals surface area contributed by atoms with E-state index in [2.05, 4.69) is 20.5 Å². The first-order valence-electron chi connectivity index (χ1n) is 6.87. The lowest BCUT2D eigenvalue weighted by atomic mass is 10.2. The minimum atomic E-state index is -0.264. The maximum atomic E-state index is 13.5. The Morgan fingerprint density at radius 3 is 2.71 bits per heavy atom. The smallest absolute Gasteiger partial charge is 0.137 e. The van der Waals surface area contributed by atoms with Gasteiger partial charge >= 0.3 is 0 Å². The molecule has 0 saturated heterocycles. The van der Waals surface area contributed by atoms with Gasteiger partial charge in [0, 0.05) is 17.3 Å². The van der Waals surface area contributed by atoms with Crippen molar-refractivity contribution in [3.63, 3.8) is 0 Å². The van der Waals surface area contributed by atoms with Gasteiger partial charge in [0.25, 0.3) is 0 Å². The van der Waals surface area contributed by atoms with Gasteiger partial charge in [-0.25, -0.2) is 9.37 Å². The highest BCUT2D eigenvalue weighted by atomic mass is 79.9. The highest BCUT2D eigenvalue weighted by Gasteiger charge is 2.30. The van der Waals surface area contributed by atoms with E-state index in [0.717, 1.165) is 35.4 Å². The molecule has 4 rings (SSSR count). The fraction of sp³-hybridized carbons (Fsp3) is 0.188. The molecule has 2 aromatic carbocycles. The van der Waals surface area contributed by atoms with Crippen LogP contribution in [0.4, 0.5) is 10.1 Å². The van der Waals surface area contributed by atoms with E-state index < -0.39 is 0 Å². The van der Waals surface area contributed by atoms with Crippen LogP contribution in [-0.4, -0.2) is 9.55 Å². The van der Waals surface area contributed by atoms with E-state index in [0.29, 0.717) is 16.1 Å². The fourth-order valence-corrected chi connectivity index (χ4v) is 2.99. The van der Waals surface area contributed by atoms with Crippen LogP contribution in [0.15, 0.2) is 40.9 Å². The molecular formula is C16H13BrFN3. The number of benzene rings is 2. The van der Waals surface area contributed by atoms with E-state index in [1.807, 2.05) is 18.2 Å². The van der Waals surface area contributed by atoms with E-state index in [1.165, 1.54) is 6.07 Å². The van der Waals surface area contributed by atoms with Gasteiger partial charge in [-0.2, -0.15) is 0 Å². The van der Waals surface area contributed by atoms with Gasteiger partial charge in [-0.1, -0.05) is 0 Å². The number of nitrogens with two attached hydrogens (primary N) is 1. The Balaban J connectivity index is 2.01. The lowest BCUT2D eigenvalue weighted by molar-refractivity contribution is 0.620. The summed E-state index contributed by atoms with van der Waals surface area (Å²) in [7, 11) is 0. The summed E-state index contributed by atoms with van der Waals surface area (Å²) in [4.78, 5) is 4.74. The number of aromatic nitrogens is 2. The normalized spacial score (nSPS) is 14.8. The number of nitrogens with zero attached hydrogens (tertiary/aromatic N) is 2. The summed E-state index contributed by atoms with van der Waals surface area (Å²) in [6.45, 7) is 0. The first-order valence-corrected chi connectivity index (χ1v) is 7.66. The molecule has 1 saturated carbocycles. The fourth-order valence-electron chi connectivity index (χ4n) is 2.63. The number of imidazole rings is 1. The maximum Gasteiger partial charge on any atom is 0.137 e. The molecular weight excluding hydrogens is 333 g/mol. The van der Waals surface area contributed by atoms with Crippen molar-refractivity contribution >= 4 is 32.7 Å². The molecule has 0 unspecified atom stereocenters. The summed E-state index contributed by atoms with van der Waals surface area (Å²) < 4.78 is 16.1. The molecule has 0 aliphatic heterocycles. The van der Waals surface area contributed by atoms with Crippen LogP contribution >= 0.6 is 15.9 Å². The number of halogens is 2. The standard InChI is InChI=1S/C16H13BrFN3/c17-12-8-11(4-5-13(12)18)21-15-6-3-10(19)7-14(15)20-16(21)9-1-2-9/h3-9H,1-2,19H2. The molecule has 106 valence electrons. The predicted molar refractivity (Wildman–Crippen MR) is 85.1 cm³/mol. The summed E-state index contributed by atoms with van der Waals surface area (Å²) in [6, 6.07) is 10.8. The maximum absolute atomic E-state index is 13.5. The first kappa shape index (κ1) is 12.8. The average molecular weight is 346 g/mol. The Labute approximate surface area is 129 Å². The van der Waals surface area contributed by atoms with Crippen molar-refractivity contribution in [2.45, 2.75) is 18.8 Å². The minimum absolute atomic E-state index is 0.264. The monoisotopic (exact) mass is 345 g/mol. The van der Waals surface area contributed by atoms with E-state index in [4.69, 9.17) is 10.7 Å². The molecule has 1 aliphatic rings. The number of hydrogen-bond acceptors (Lipinski definition) is 2. The molecule has 3 aromatic rings. The van der Waals surface area contributed by atoms with Crippen LogP contribution in [0.25, 0.3) is 16.7 Å². The van der Waals surface area contributed by atoms with E-state index in [9.17, 15) is 4.39 Å². The molecule has 1 heterocycles. The third kappa shape index (κ3) is 2.12. The number of anilines is 1. The molecule has 5 heteroatoms. The highest BCUT2D eigenvalue weighted by Crippen LogP contribution is 2.42. The van der Waals surface area contributed by atoms with Crippen LogP contribution in [0.3, 0.4) is 0 Å². The van der Waals surface area contributed by atoms with Gasteiger partial charge in [0.1, 0.15) is 11.6 Å². The Kier molecular flexibility index (Phi) is 2.79. The molecule has 1 aliphatic carbocycles. The van der Waals surface area contributed by atoms with Crippen molar-refractivity contribution in [1.29, 1.82) is 0 Å². The van der Waals surface area contributed by atoms with Crippen molar-refractivity contribution in [1.82, 2.24) is 9.55 Å². The van der Waals surface area contributed by atoms with Crippen LogP contribution < -0.4 is 5.73 Å². The van der Waals surface area contributed by atoms with Gasteiger partial charge in [-0.15, -0.1) is 0 Å². The molecule has 0 amide bonds. The molecule has 3 nitrogen and oxygen atoms in total. The van der Waals surface area contributed by atoms with Crippen molar-refractivity contribution in [2.75, 3.05) is 5.73 Å². The quantitative estimate of drug-likeness (QED) is 0.700. The molecule has 0 atom stereocenters. The Morgan fingerprint density at radius 1 is 1.19 bits per heavy atom. The molecule has 21 heavy (non-hydrogen) atoms. The van der Waals surface area contributed by atoms with Gasteiger partial charge < -0.3 is 5.73 Å². The number of hydrogen-bond donors (Lipinski definition) is 1. The Bertz CT molecular complexity index is 852. The van der Waals surface area contributed by atoms with Gasteiger partial charge in [0.15, 0.2) is 0 Å². The molecule has 2 N–H and O–H groups in total. The largest absolute Gasteiger partial charge is 0.399 e. The van der Waals surface area contributed by atoms with Gasteiger partial charge in [0.2, 0.25) is 0 Å². The first-order chi connectivity index (χ1) is 10.1. The zero-order chi connectivity index (χ0) is 14.6. The molecule has 0 spiro atoms. The van der Waals surface area contributed by atoms with E-state index >= 15 is 0 Å². The second kappa shape index (κ2) is 4.56. The Morgan fingerprint density at radius 2 is 2.00 bits per heavy atom. The van der Waals surface area contributed by atoms with Crippen LogP contribution in [0, 0.1) is 5.82 Å². The van der Waals surface area contributed by atoms with Crippen LogP contribution in [-0.2, 0) is 0 Å². The zero-order valence-corrected chi connectivity index (χ0v) is 12.8. The van der Waals surface area contributed by atoms with Crippen LogP contribution in [0.2, 0.25) is 0 Å². The summed E-state index contributed by atoms with van der Waals surface area (Å²) >= 11 is 3.26. The number of rotatable bonds is 2. The van der Waals surface area contributed by atoms with Gasteiger partial charge in [0.05, 0.1) is 15.5 Å². The van der Waals surface area contributed by atoms with Crippen molar-refractivity contribution in [2.24, 2.45) is 0 Å². The van der Waals surface area contributed by atoms with Crippen molar-refractivity contribution < 1.29 is 4.39 Å². The summed E-state index contributed by atoms with van der Waals surface area (Å²) in [5.41, 5.74) is 9.36. The summed E-state index contributed by atoms with van der Waals surface area (Å²) in [5.74, 6) is 1.26. The SMILES string of the molecule is Nc1ccc2c(c1)nc(C1CC1)n2-c1ccc(F)c(Br)c1. The van der Waals surface area contributed by atoms with Crippen molar-refractivity contribution in [3.05, 3.63) is 52.5 Å². The minimum Gasteiger partial charge on any atom is -0.399 e. The second-order valence-corrected chi connectivity index (χ2v) is 6.28. The number of nitrogen functional groups attached to an aromatic ring is 1. The average Bonchev–Trinajstić information content (AvgIpc) is 3.23. The summed E-state index contributed by atoms with van der Waals surface area (Å²) in [6.07, 6.45) is 2.31. The van der Waals surface area contributed by atoms with Crippen LogP contribution in [0.1, 0.15) is 24.6 Å². The van der Waals surface area contributed by atoms with E-state index in [-0.39, 0.29) is 5.82 Å². The zero-order valence-electron chi connectivity index (χ0n) is 11.2. The topological polar surface area (TPSA) is 43.8 Å².